The highest BCUT2D eigenvalue weighted by Crippen LogP contribution is 2.12. The second-order valence-electron chi connectivity index (χ2n) is 2.59. The van der Waals surface area contributed by atoms with Crippen LogP contribution in [0.25, 0.3) is 6.08 Å². The monoisotopic (exact) mass is 182 g/mol. The van der Waals surface area contributed by atoms with E-state index in [1.807, 2.05) is 18.8 Å². The van der Waals surface area contributed by atoms with Gasteiger partial charge < -0.3 is 5.32 Å². The van der Waals surface area contributed by atoms with Gasteiger partial charge in [0, 0.05) is 17.6 Å². The number of hydrogen-bond acceptors (Lipinski definition) is 3. The summed E-state index contributed by atoms with van der Waals surface area (Å²) >= 11 is 1.68. The maximum Gasteiger partial charge on any atom is 0.0797 e. The van der Waals surface area contributed by atoms with E-state index >= 15 is 0 Å². The van der Waals surface area contributed by atoms with E-state index in [-0.39, 0.29) is 0 Å². The Bertz CT molecular complexity index is 239. The zero-order valence-corrected chi connectivity index (χ0v) is 8.32. The molecule has 0 aliphatic rings. The minimum atomic E-state index is 0.967. The molecule has 3 heteroatoms. The van der Waals surface area contributed by atoms with Crippen LogP contribution in [0.5, 0.6) is 0 Å². The van der Waals surface area contributed by atoms with Crippen molar-refractivity contribution in [1.29, 1.82) is 0 Å². The number of thiazole rings is 1. The van der Waals surface area contributed by atoms with Gasteiger partial charge in [-0.05, 0) is 19.5 Å². The molecule has 12 heavy (non-hydrogen) atoms. The van der Waals surface area contributed by atoms with Gasteiger partial charge in [-0.2, -0.15) is 0 Å². The summed E-state index contributed by atoms with van der Waals surface area (Å²) in [5.74, 6) is 0. The van der Waals surface area contributed by atoms with Gasteiger partial charge in [-0.3, -0.25) is 4.98 Å². The standard InChI is InChI=1S/C9H14N2S/c1-3-8(5-10-2)4-9-6-11-7-12-9/h4,6-7,10H,3,5H2,1-2H3. The van der Waals surface area contributed by atoms with E-state index in [0.717, 1.165) is 13.0 Å². The molecule has 1 aromatic heterocycles. The van der Waals surface area contributed by atoms with Crippen molar-refractivity contribution in [1.82, 2.24) is 10.3 Å². The summed E-state index contributed by atoms with van der Waals surface area (Å²) in [6.45, 7) is 3.14. The Balaban J connectivity index is 2.64. The molecule has 0 saturated heterocycles. The first-order valence-electron chi connectivity index (χ1n) is 4.09. The van der Waals surface area contributed by atoms with Gasteiger partial charge in [0.1, 0.15) is 0 Å². The Morgan fingerprint density at radius 2 is 2.58 bits per heavy atom. The van der Waals surface area contributed by atoms with E-state index in [9.17, 15) is 0 Å². The van der Waals surface area contributed by atoms with E-state index in [4.69, 9.17) is 0 Å². The SMILES string of the molecule is CCC(=Cc1cncs1)CNC. The zero-order chi connectivity index (χ0) is 8.81. The molecular weight excluding hydrogens is 168 g/mol. The lowest BCUT2D eigenvalue weighted by Gasteiger charge is -2.01. The van der Waals surface area contributed by atoms with Crippen LogP contribution in [0.3, 0.4) is 0 Å². The first kappa shape index (κ1) is 9.42. The third kappa shape index (κ3) is 2.75. The van der Waals surface area contributed by atoms with Crippen molar-refractivity contribution in [2.45, 2.75) is 13.3 Å². The van der Waals surface area contributed by atoms with E-state index in [2.05, 4.69) is 23.3 Å². The average molecular weight is 182 g/mol. The van der Waals surface area contributed by atoms with E-state index < -0.39 is 0 Å². The van der Waals surface area contributed by atoms with Crippen molar-refractivity contribution in [3.8, 4) is 0 Å². The molecule has 2 nitrogen and oxygen atoms in total. The normalized spacial score (nSPS) is 12.0. The number of aromatic nitrogens is 1. The van der Waals surface area contributed by atoms with Crippen molar-refractivity contribution in [2.24, 2.45) is 0 Å². The van der Waals surface area contributed by atoms with Gasteiger partial charge in [0.15, 0.2) is 0 Å². The number of rotatable bonds is 4. The number of likely N-dealkylation sites (N-methyl/N-ethyl adjacent to an activating group) is 1. The molecule has 0 saturated carbocycles. The highest BCUT2D eigenvalue weighted by Gasteiger charge is 1.94. The Morgan fingerprint density at radius 3 is 3.08 bits per heavy atom. The first-order valence-corrected chi connectivity index (χ1v) is 4.97. The summed E-state index contributed by atoms with van der Waals surface area (Å²) in [5.41, 5.74) is 3.28. The molecule has 0 radical (unpaired) electrons. The molecular formula is C9H14N2S. The molecule has 0 amide bonds. The minimum Gasteiger partial charge on any atom is -0.316 e. The van der Waals surface area contributed by atoms with Crippen LogP contribution in [-0.4, -0.2) is 18.6 Å². The predicted molar refractivity (Wildman–Crippen MR) is 54.3 cm³/mol. The number of nitrogens with zero attached hydrogens (tertiary/aromatic N) is 1. The molecule has 1 rings (SSSR count). The summed E-state index contributed by atoms with van der Waals surface area (Å²) in [7, 11) is 1.97. The van der Waals surface area contributed by atoms with Crippen molar-refractivity contribution in [3.63, 3.8) is 0 Å². The van der Waals surface area contributed by atoms with E-state index in [1.54, 1.807) is 11.3 Å². The lowest BCUT2D eigenvalue weighted by molar-refractivity contribution is 0.851. The maximum atomic E-state index is 4.02. The average Bonchev–Trinajstić information content (AvgIpc) is 2.56. The van der Waals surface area contributed by atoms with Crippen LogP contribution >= 0.6 is 11.3 Å². The largest absolute Gasteiger partial charge is 0.316 e. The minimum absolute atomic E-state index is 0.967. The molecule has 0 aromatic carbocycles. The molecule has 0 spiro atoms. The quantitative estimate of drug-likeness (QED) is 0.772. The van der Waals surface area contributed by atoms with Crippen molar-refractivity contribution in [3.05, 3.63) is 22.2 Å². The number of nitrogens with one attached hydrogen (secondary N) is 1. The third-order valence-corrected chi connectivity index (χ3v) is 2.38. The fourth-order valence-electron chi connectivity index (χ4n) is 1.00. The molecule has 0 fully saturated rings. The van der Waals surface area contributed by atoms with Gasteiger partial charge in [-0.25, -0.2) is 0 Å². The smallest absolute Gasteiger partial charge is 0.0797 e. The number of hydrogen-bond donors (Lipinski definition) is 1. The summed E-state index contributed by atoms with van der Waals surface area (Å²) in [4.78, 5) is 5.26. The summed E-state index contributed by atoms with van der Waals surface area (Å²) < 4.78 is 0. The fourth-order valence-corrected chi connectivity index (χ4v) is 1.60. The molecule has 0 bridgehead atoms. The summed E-state index contributed by atoms with van der Waals surface area (Å²) in [5, 5.41) is 3.15. The van der Waals surface area contributed by atoms with Gasteiger partial charge in [-0.15, -0.1) is 11.3 Å². The molecule has 0 unspecified atom stereocenters. The Kier molecular flexibility index (Phi) is 3.97. The fraction of sp³-hybridized carbons (Fsp3) is 0.444. The molecule has 1 aromatic rings. The topological polar surface area (TPSA) is 24.9 Å². The first-order chi connectivity index (χ1) is 5.86. The Morgan fingerprint density at radius 1 is 1.75 bits per heavy atom. The summed E-state index contributed by atoms with van der Waals surface area (Å²) in [6, 6.07) is 0. The third-order valence-electron chi connectivity index (χ3n) is 1.66. The molecule has 1 N–H and O–H groups in total. The molecule has 0 aliphatic heterocycles. The Hall–Kier alpha value is -0.670. The summed E-state index contributed by atoms with van der Waals surface area (Å²) in [6.07, 6.45) is 5.20. The van der Waals surface area contributed by atoms with Crippen LogP contribution in [0.4, 0.5) is 0 Å². The lowest BCUT2D eigenvalue weighted by Crippen LogP contribution is -2.09. The van der Waals surface area contributed by atoms with Gasteiger partial charge in [0.05, 0.1) is 5.51 Å². The lowest BCUT2D eigenvalue weighted by atomic mass is 10.2. The second kappa shape index (κ2) is 5.06. The van der Waals surface area contributed by atoms with Gasteiger partial charge >= 0.3 is 0 Å². The molecule has 0 aliphatic carbocycles. The van der Waals surface area contributed by atoms with Crippen LogP contribution in [0, 0.1) is 0 Å². The van der Waals surface area contributed by atoms with Gasteiger partial charge in [0.2, 0.25) is 0 Å². The van der Waals surface area contributed by atoms with Crippen molar-refractivity contribution >= 4 is 17.4 Å². The van der Waals surface area contributed by atoms with E-state index in [1.165, 1.54) is 10.5 Å². The predicted octanol–water partition coefficient (Wildman–Crippen LogP) is 2.16. The van der Waals surface area contributed by atoms with Crippen LogP contribution < -0.4 is 5.32 Å². The highest BCUT2D eigenvalue weighted by molar-refractivity contribution is 7.10. The second-order valence-corrected chi connectivity index (χ2v) is 3.51. The zero-order valence-electron chi connectivity index (χ0n) is 7.50. The molecule has 66 valence electrons. The van der Waals surface area contributed by atoms with Crippen LogP contribution in [0.2, 0.25) is 0 Å². The Labute approximate surface area is 77.3 Å². The molecule has 1 heterocycles. The van der Waals surface area contributed by atoms with Crippen molar-refractivity contribution in [2.75, 3.05) is 13.6 Å². The van der Waals surface area contributed by atoms with Crippen LogP contribution in [0.15, 0.2) is 17.3 Å². The highest BCUT2D eigenvalue weighted by atomic mass is 32.1. The van der Waals surface area contributed by atoms with Crippen molar-refractivity contribution < 1.29 is 0 Å². The van der Waals surface area contributed by atoms with Gasteiger partial charge in [-0.1, -0.05) is 12.5 Å². The van der Waals surface area contributed by atoms with Crippen LogP contribution in [-0.2, 0) is 0 Å². The van der Waals surface area contributed by atoms with Crippen LogP contribution in [0.1, 0.15) is 18.2 Å². The van der Waals surface area contributed by atoms with E-state index in [0.29, 0.717) is 0 Å². The molecule has 0 atom stereocenters. The maximum absolute atomic E-state index is 4.02. The van der Waals surface area contributed by atoms with Gasteiger partial charge in [0.25, 0.3) is 0 Å².